The lowest BCUT2D eigenvalue weighted by Crippen LogP contribution is -2.28. The van der Waals surface area contributed by atoms with E-state index in [-0.39, 0.29) is 11.8 Å². The van der Waals surface area contributed by atoms with Gasteiger partial charge in [0, 0.05) is 24.2 Å². The standard InChI is InChI=1S/C17H19ClN4O/c1-2-13-14(18)20-16(11-6-4-3-5-7-11)21-17(13)22-9-8-12(10-22)15(19)23/h3-7,12H,2,8-10H2,1H3,(H2,19,23)/t12-/m0/s1. The van der Waals surface area contributed by atoms with Gasteiger partial charge in [0.1, 0.15) is 11.0 Å². The van der Waals surface area contributed by atoms with Gasteiger partial charge in [0.25, 0.3) is 0 Å². The predicted octanol–water partition coefficient (Wildman–Crippen LogP) is 2.67. The van der Waals surface area contributed by atoms with Crippen LogP contribution in [-0.2, 0) is 11.2 Å². The van der Waals surface area contributed by atoms with Gasteiger partial charge in [-0.15, -0.1) is 0 Å². The molecule has 0 unspecified atom stereocenters. The maximum Gasteiger partial charge on any atom is 0.222 e. The van der Waals surface area contributed by atoms with Gasteiger partial charge in [-0.25, -0.2) is 9.97 Å². The highest BCUT2D eigenvalue weighted by Gasteiger charge is 2.29. The molecule has 1 atom stereocenters. The normalized spacial score (nSPS) is 17.5. The number of anilines is 1. The van der Waals surface area contributed by atoms with Crippen LogP contribution >= 0.6 is 11.6 Å². The van der Waals surface area contributed by atoms with E-state index in [2.05, 4.69) is 9.88 Å². The lowest BCUT2D eigenvalue weighted by Gasteiger charge is -2.21. The van der Waals surface area contributed by atoms with Crippen molar-refractivity contribution in [3.63, 3.8) is 0 Å². The van der Waals surface area contributed by atoms with Crippen LogP contribution in [0.5, 0.6) is 0 Å². The first-order valence-electron chi connectivity index (χ1n) is 7.76. The molecule has 2 heterocycles. The summed E-state index contributed by atoms with van der Waals surface area (Å²) >= 11 is 6.39. The van der Waals surface area contributed by atoms with Gasteiger partial charge in [0.2, 0.25) is 5.91 Å². The summed E-state index contributed by atoms with van der Waals surface area (Å²) in [5, 5.41) is 0.471. The average molecular weight is 331 g/mol. The molecule has 6 heteroatoms. The Morgan fingerprint density at radius 1 is 1.35 bits per heavy atom. The third-order valence-corrected chi connectivity index (χ3v) is 4.52. The molecule has 0 radical (unpaired) electrons. The van der Waals surface area contributed by atoms with E-state index in [0.29, 0.717) is 17.5 Å². The number of hydrogen-bond donors (Lipinski definition) is 1. The second-order valence-electron chi connectivity index (χ2n) is 5.69. The molecule has 3 rings (SSSR count). The Morgan fingerprint density at radius 3 is 2.70 bits per heavy atom. The van der Waals surface area contributed by atoms with Crippen molar-refractivity contribution in [1.82, 2.24) is 9.97 Å². The van der Waals surface area contributed by atoms with Crippen LogP contribution in [0.25, 0.3) is 11.4 Å². The van der Waals surface area contributed by atoms with Crippen LogP contribution in [0.4, 0.5) is 5.82 Å². The molecule has 0 saturated carbocycles. The zero-order valence-electron chi connectivity index (χ0n) is 13.0. The van der Waals surface area contributed by atoms with Crippen molar-refractivity contribution in [3.8, 4) is 11.4 Å². The van der Waals surface area contributed by atoms with Crippen molar-refractivity contribution in [1.29, 1.82) is 0 Å². The van der Waals surface area contributed by atoms with E-state index in [4.69, 9.17) is 22.3 Å². The van der Waals surface area contributed by atoms with E-state index in [1.807, 2.05) is 37.3 Å². The van der Waals surface area contributed by atoms with Crippen LogP contribution in [0.2, 0.25) is 5.15 Å². The highest BCUT2D eigenvalue weighted by Crippen LogP contribution is 2.31. The minimum absolute atomic E-state index is 0.131. The molecular formula is C17H19ClN4O. The smallest absolute Gasteiger partial charge is 0.222 e. The molecule has 0 spiro atoms. The molecule has 1 amide bonds. The van der Waals surface area contributed by atoms with Gasteiger partial charge in [-0.1, -0.05) is 48.9 Å². The average Bonchev–Trinajstić information content (AvgIpc) is 3.05. The summed E-state index contributed by atoms with van der Waals surface area (Å²) in [6, 6.07) is 9.75. The molecule has 1 aliphatic rings. The molecule has 1 aliphatic heterocycles. The Labute approximate surface area is 140 Å². The highest BCUT2D eigenvalue weighted by molar-refractivity contribution is 6.30. The topological polar surface area (TPSA) is 72.1 Å². The second kappa shape index (κ2) is 6.54. The number of rotatable bonds is 4. The zero-order valence-corrected chi connectivity index (χ0v) is 13.8. The minimum atomic E-state index is -0.256. The number of nitrogens with two attached hydrogens (primary N) is 1. The Morgan fingerprint density at radius 2 is 2.09 bits per heavy atom. The van der Waals surface area contributed by atoms with E-state index < -0.39 is 0 Å². The number of amides is 1. The fraction of sp³-hybridized carbons (Fsp3) is 0.353. The molecule has 1 aromatic heterocycles. The summed E-state index contributed by atoms with van der Waals surface area (Å²) in [5.41, 5.74) is 7.27. The molecule has 0 aliphatic carbocycles. The summed E-state index contributed by atoms with van der Waals surface area (Å²) in [6.07, 6.45) is 1.49. The SMILES string of the molecule is CCc1c(Cl)nc(-c2ccccc2)nc1N1CC[C@H](C(N)=O)C1. The molecule has 23 heavy (non-hydrogen) atoms. The molecule has 1 saturated heterocycles. The van der Waals surface area contributed by atoms with Crippen molar-refractivity contribution >= 4 is 23.3 Å². The molecule has 1 aromatic carbocycles. The number of nitrogens with zero attached hydrogens (tertiary/aromatic N) is 3. The third kappa shape index (κ3) is 3.15. The van der Waals surface area contributed by atoms with E-state index >= 15 is 0 Å². The van der Waals surface area contributed by atoms with E-state index in [1.165, 1.54) is 0 Å². The molecular weight excluding hydrogens is 312 g/mol. The first kappa shape index (κ1) is 15.7. The molecule has 2 aromatic rings. The second-order valence-corrected chi connectivity index (χ2v) is 6.05. The quantitative estimate of drug-likeness (QED) is 0.875. The van der Waals surface area contributed by atoms with Crippen molar-refractivity contribution in [2.45, 2.75) is 19.8 Å². The van der Waals surface area contributed by atoms with Gasteiger partial charge in [-0.3, -0.25) is 4.79 Å². The van der Waals surface area contributed by atoms with Gasteiger partial charge in [-0.05, 0) is 12.8 Å². The van der Waals surface area contributed by atoms with Crippen LogP contribution in [0.15, 0.2) is 30.3 Å². The Kier molecular flexibility index (Phi) is 4.48. The van der Waals surface area contributed by atoms with Gasteiger partial charge < -0.3 is 10.6 Å². The lowest BCUT2D eigenvalue weighted by molar-refractivity contribution is -0.121. The fourth-order valence-electron chi connectivity index (χ4n) is 2.91. The van der Waals surface area contributed by atoms with Gasteiger partial charge >= 0.3 is 0 Å². The van der Waals surface area contributed by atoms with Crippen molar-refractivity contribution in [2.24, 2.45) is 11.7 Å². The minimum Gasteiger partial charge on any atom is -0.369 e. The van der Waals surface area contributed by atoms with Crippen molar-refractivity contribution in [2.75, 3.05) is 18.0 Å². The van der Waals surface area contributed by atoms with Crippen LogP contribution in [0, 0.1) is 5.92 Å². The highest BCUT2D eigenvalue weighted by atomic mass is 35.5. The predicted molar refractivity (Wildman–Crippen MR) is 91.4 cm³/mol. The summed E-state index contributed by atoms with van der Waals surface area (Å²) in [5.74, 6) is 1.03. The van der Waals surface area contributed by atoms with E-state index in [1.54, 1.807) is 0 Å². The number of benzene rings is 1. The van der Waals surface area contributed by atoms with Crippen LogP contribution in [-0.4, -0.2) is 29.0 Å². The van der Waals surface area contributed by atoms with Crippen molar-refractivity contribution < 1.29 is 4.79 Å². The summed E-state index contributed by atoms with van der Waals surface area (Å²) in [7, 11) is 0. The molecule has 120 valence electrons. The fourth-order valence-corrected chi connectivity index (χ4v) is 3.21. The van der Waals surface area contributed by atoms with Crippen LogP contribution in [0.1, 0.15) is 18.9 Å². The molecule has 0 bridgehead atoms. The number of hydrogen-bond acceptors (Lipinski definition) is 4. The molecule has 5 nitrogen and oxygen atoms in total. The van der Waals surface area contributed by atoms with E-state index in [9.17, 15) is 4.79 Å². The summed E-state index contributed by atoms with van der Waals surface area (Å²) < 4.78 is 0. The maximum absolute atomic E-state index is 11.4. The summed E-state index contributed by atoms with van der Waals surface area (Å²) in [6.45, 7) is 3.37. The number of aromatic nitrogens is 2. The maximum atomic E-state index is 11.4. The Hall–Kier alpha value is -2.14. The van der Waals surface area contributed by atoms with Gasteiger partial charge in [-0.2, -0.15) is 0 Å². The number of carbonyl (C=O) groups excluding carboxylic acids is 1. The first-order valence-corrected chi connectivity index (χ1v) is 8.14. The molecule has 2 N–H and O–H groups in total. The number of halogens is 1. The van der Waals surface area contributed by atoms with E-state index in [0.717, 1.165) is 36.3 Å². The first-order chi connectivity index (χ1) is 11.1. The summed E-state index contributed by atoms with van der Waals surface area (Å²) in [4.78, 5) is 22.7. The van der Waals surface area contributed by atoms with Crippen LogP contribution < -0.4 is 10.6 Å². The Bertz CT molecular complexity index is 720. The van der Waals surface area contributed by atoms with Gasteiger partial charge in [0.05, 0.1) is 5.92 Å². The third-order valence-electron chi connectivity index (χ3n) is 4.21. The largest absolute Gasteiger partial charge is 0.369 e. The molecule has 1 fully saturated rings. The van der Waals surface area contributed by atoms with Crippen molar-refractivity contribution in [3.05, 3.63) is 41.0 Å². The lowest BCUT2D eigenvalue weighted by atomic mass is 10.1. The van der Waals surface area contributed by atoms with Gasteiger partial charge in [0.15, 0.2) is 5.82 Å². The number of primary amides is 1. The Balaban J connectivity index is 2.01. The van der Waals surface area contributed by atoms with Crippen LogP contribution in [0.3, 0.4) is 0 Å². The zero-order chi connectivity index (χ0) is 16.4. The monoisotopic (exact) mass is 330 g/mol. The number of carbonyl (C=O) groups is 1.